The Bertz CT molecular complexity index is 636. The van der Waals surface area contributed by atoms with E-state index in [1.54, 1.807) is 0 Å². The highest BCUT2D eigenvalue weighted by Crippen LogP contribution is 2.34. The van der Waals surface area contributed by atoms with Crippen molar-refractivity contribution in [3.8, 4) is 0 Å². The van der Waals surface area contributed by atoms with Gasteiger partial charge in [-0.1, -0.05) is 18.2 Å². The van der Waals surface area contributed by atoms with Gasteiger partial charge in [-0.2, -0.15) is 0 Å². The molecule has 0 spiro atoms. The number of fused-ring (bicyclic) bond motifs is 2. The fourth-order valence-electron chi connectivity index (χ4n) is 4.21. The molecule has 27 heavy (non-hydrogen) atoms. The van der Waals surface area contributed by atoms with Gasteiger partial charge in [0.1, 0.15) is 0 Å². The van der Waals surface area contributed by atoms with E-state index in [0.717, 1.165) is 45.2 Å². The number of hydrogen-bond donors (Lipinski definition) is 2. The Morgan fingerprint density at radius 3 is 2.74 bits per heavy atom. The number of para-hydroxylation sites is 1. The van der Waals surface area contributed by atoms with Gasteiger partial charge < -0.3 is 25.0 Å². The minimum Gasteiger partial charge on any atom is -0.378 e. The number of morpholine rings is 1. The summed E-state index contributed by atoms with van der Waals surface area (Å²) < 4.78 is 11.5. The quantitative estimate of drug-likeness (QED) is 0.381. The molecule has 3 saturated heterocycles. The lowest BCUT2D eigenvalue weighted by atomic mass is 9.96. The molecule has 2 N–H and O–H groups in total. The standard InChI is InChI=1S/C20H30N4O2.HI/c1-2-21-20(23-17-13-16-7-8-19(17)26-16)22-14-15-5-3-4-6-18(15)24-9-11-25-12-10-24;/h3-6,16-17,19H,2,7-14H2,1H3,(H2,21,22,23);1H. The van der Waals surface area contributed by atoms with Crippen LogP contribution in [0.4, 0.5) is 5.69 Å². The molecule has 3 fully saturated rings. The number of aliphatic imine (C=N–C) groups is 1. The van der Waals surface area contributed by atoms with Crippen LogP contribution in [0.15, 0.2) is 29.3 Å². The Kier molecular flexibility index (Phi) is 7.60. The summed E-state index contributed by atoms with van der Waals surface area (Å²) in [7, 11) is 0. The van der Waals surface area contributed by atoms with Crippen LogP contribution in [0.1, 0.15) is 31.7 Å². The first-order chi connectivity index (χ1) is 12.8. The van der Waals surface area contributed by atoms with E-state index in [2.05, 4.69) is 46.7 Å². The lowest BCUT2D eigenvalue weighted by Crippen LogP contribution is -2.47. The maximum atomic E-state index is 5.96. The highest BCUT2D eigenvalue weighted by molar-refractivity contribution is 14.0. The van der Waals surface area contributed by atoms with Gasteiger partial charge in [0.15, 0.2) is 5.96 Å². The first kappa shape index (κ1) is 20.7. The second kappa shape index (κ2) is 9.93. The van der Waals surface area contributed by atoms with E-state index < -0.39 is 0 Å². The first-order valence-electron chi connectivity index (χ1n) is 9.94. The molecule has 0 amide bonds. The van der Waals surface area contributed by atoms with E-state index in [0.29, 0.717) is 24.8 Å². The normalized spacial score (nSPS) is 27.4. The van der Waals surface area contributed by atoms with Crippen LogP contribution in [0.5, 0.6) is 0 Å². The Morgan fingerprint density at radius 1 is 1.22 bits per heavy atom. The molecule has 0 aliphatic carbocycles. The highest BCUT2D eigenvalue weighted by Gasteiger charge is 2.41. The number of anilines is 1. The molecule has 150 valence electrons. The summed E-state index contributed by atoms with van der Waals surface area (Å²) in [6.07, 6.45) is 4.27. The Balaban J connectivity index is 0.00000210. The molecule has 2 bridgehead atoms. The van der Waals surface area contributed by atoms with Gasteiger partial charge in [0.2, 0.25) is 0 Å². The third kappa shape index (κ3) is 5.06. The average Bonchev–Trinajstić information content (AvgIpc) is 3.30. The zero-order chi connectivity index (χ0) is 17.8. The van der Waals surface area contributed by atoms with E-state index in [1.807, 2.05) is 0 Å². The molecule has 4 rings (SSSR count). The van der Waals surface area contributed by atoms with Crippen LogP contribution in [-0.2, 0) is 16.0 Å². The minimum atomic E-state index is 0. The predicted molar refractivity (Wildman–Crippen MR) is 119 cm³/mol. The smallest absolute Gasteiger partial charge is 0.191 e. The van der Waals surface area contributed by atoms with Gasteiger partial charge in [-0.15, -0.1) is 24.0 Å². The topological polar surface area (TPSA) is 58.1 Å². The maximum Gasteiger partial charge on any atom is 0.191 e. The molecule has 6 nitrogen and oxygen atoms in total. The Morgan fingerprint density at radius 2 is 2.04 bits per heavy atom. The van der Waals surface area contributed by atoms with Crippen LogP contribution < -0.4 is 15.5 Å². The second-order valence-corrected chi connectivity index (χ2v) is 7.28. The highest BCUT2D eigenvalue weighted by atomic mass is 127. The van der Waals surface area contributed by atoms with Crippen LogP contribution in [-0.4, -0.2) is 57.1 Å². The zero-order valence-electron chi connectivity index (χ0n) is 16.0. The Labute approximate surface area is 179 Å². The number of hydrogen-bond acceptors (Lipinski definition) is 4. The number of nitrogens with zero attached hydrogens (tertiary/aromatic N) is 2. The molecule has 3 unspecified atom stereocenters. The molecule has 0 radical (unpaired) electrons. The number of halogens is 1. The lowest BCUT2D eigenvalue weighted by Gasteiger charge is -2.30. The number of guanidine groups is 1. The van der Waals surface area contributed by atoms with E-state index in [9.17, 15) is 0 Å². The van der Waals surface area contributed by atoms with E-state index in [4.69, 9.17) is 14.5 Å². The van der Waals surface area contributed by atoms with Gasteiger partial charge in [-0.3, -0.25) is 0 Å². The third-order valence-electron chi connectivity index (χ3n) is 5.52. The molecule has 3 aliphatic heterocycles. The van der Waals surface area contributed by atoms with Crippen molar-refractivity contribution in [3.63, 3.8) is 0 Å². The van der Waals surface area contributed by atoms with Crippen molar-refractivity contribution in [2.75, 3.05) is 37.7 Å². The molecule has 3 aliphatic rings. The zero-order valence-corrected chi connectivity index (χ0v) is 18.4. The van der Waals surface area contributed by atoms with Crippen LogP contribution in [0.2, 0.25) is 0 Å². The van der Waals surface area contributed by atoms with E-state index in [1.165, 1.54) is 24.1 Å². The predicted octanol–water partition coefficient (Wildman–Crippen LogP) is 2.52. The van der Waals surface area contributed by atoms with E-state index in [-0.39, 0.29) is 24.0 Å². The fourth-order valence-corrected chi connectivity index (χ4v) is 4.21. The van der Waals surface area contributed by atoms with Gasteiger partial charge in [0.25, 0.3) is 0 Å². The molecular weight excluding hydrogens is 455 g/mol. The van der Waals surface area contributed by atoms with Crippen LogP contribution in [0, 0.1) is 0 Å². The van der Waals surface area contributed by atoms with Crippen molar-refractivity contribution >= 4 is 35.6 Å². The SMILES string of the molecule is CCNC(=NCc1ccccc1N1CCOCC1)NC1CC2CCC1O2.I. The molecule has 7 heteroatoms. The third-order valence-corrected chi connectivity index (χ3v) is 5.52. The van der Waals surface area contributed by atoms with Crippen LogP contribution in [0.25, 0.3) is 0 Å². The summed E-state index contributed by atoms with van der Waals surface area (Å²) in [5.74, 6) is 0.894. The van der Waals surface area contributed by atoms with Gasteiger partial charge in [0, 0.05) is 25.3 Å². The van der Waals surface area contributed by atoms with Crippen LogP contribution >= 0.6 is 24.0 Å². The number of rotatable bonds is 5. The Hall–Kier alpha value is -1.06. The summed E-state index contributed by atoms with van der Waals surface area (Å²) in [4.78, 5) is 7.27. The summed E-state index contributed by atoms with van der Waals surface area (Å²) in [5, 5.41) is 6.99. The van der Waals surface area contributed by atoms with Gasteiger partial charge in [-0.25, -0.2) is 4.99 Å². The van der Waals surface area contributed by atoms with Crippen LogP contribution in [0.3, 0.4) is 0 Å². The monoisotopic (exact) mass is 486 g/mol. The summed E-state index contributed by atoms with van der Waals surface area (Å²) in [5.41, 5.74) is 2.54. The number of ether oxygens (including phenoxy) is 2. The molecular formula is C20H31IN4O2. The first-order valence-corrected chi connectivity index (χ1v) is 9.94. The van der Waals surface area contributed by atoms with Gasteiger partial charge >= 0.3 is 0 Å². The second-order valence-electron chi connectivity index (χ2n) is 7.28. The maximum absolute atomic E-state index is 5.96. The van der Waals surface area contributed by atoms with Crippen molar-refractivity contribution in [2.45, 2.75) is 51.0 Å². The average molecular weight is 486 g/mol. The molecule has 0 saturated carbocycles. The molecule has 0 aromatic heterocycles. The lowest BCUT2D eigenvalue weighted by molar-refractivity contribution is 0.0992. The molecule has 3 heterocycles. The minimum absolute atomic E-state index is 0. The summed E-state index contributed by atoms with van der Waals surface area (Å²) >= 11 is 0. The summed E-state index contributed by atoms with van der Waals surface area (Å²) in [6.45, 7) is 7.13. The molecule has 3 atom stereocenters. The van der Waals surface area contributed by atoms with E-state index >= 15 is 0 Å². The number of nitrogens with one attached hydrogen (secondary N) is 2. The van der Waals surface area contributed by atoms with Gasteiger partial charge in [-0.05, 0) is 37.8 Å². The van der Waals surface area contributed by atoms with Crippen molar-refractivity contribution in [1.82, 2.24) is 10.6 Å². The largest absolute Gasteiger partial charge is 0.378 e. The van der Waals surface area contributed by atoms with Crippen molar-refractivity contribution in [3.05, 3.63) is 29.8 Å². The molecule has 1 aromatic rings. The summed E-state index contributed by atoms with van der Waals surface area (Å²) in [6, 6.07) is 8.97. The van der Waals surface area contributed by atoms with Crippen molar-refractivity contribution in [2.24, 2.45) is 4.99 Å². The number of benzene rings is 1. The van der Waals surface area contributed by atoms with Gasteiger partial charge in [0.05, 0.1) is 38.0 Å². The van der Waals surface area contributed by atoms with Crippen molar-refractivity contribution < 1.29 is 9.47 Å². The molecule has 1 aromatic carbocycles. The fraction of sp³-hybridized carbons (Fsp3) is 0.650. The van der Waals surface area contributed by atoms with Crippen molar-refractivity contribution in [1.29, 1.82) is 0 Å².